The summed E-state index contributed by atoms with van der Waals surface area (Å²) in [5, 5.41) is 6.68. The largest absolute Gasteiger partial charge is 0.444 e. The van der Waals surface area contributed by atoms with E-state index in [0.29, 0.717) is 23.6 Å². The summed E-state index contributed by atoms with van der Waals surface area (Å²) in [6, 6.07) is 8.01. The lowest BCUT2D eigenvalue weighted by Crippen LogP contribution is -2.32. The summed E-state index contributed by atoms with van der Waals surface area (Å²) >= 11 is 6.40. The van der Waals surface area contributed by atoms with Crippen LogP contribution in [0.15, 0.2) is 24.3 Å². The summed E-state index contributed by atoms with van der Waals surface area (Å²) in [6.45, 7) is 9.24. The van der Waals surface area contributed by atoms with Crippen molar-refractivity contribution in [3.8, 4) is 11.4 Å². The fourth-order valence-corrected chi connectivity index (χ4v) is 3.27. The molecule has 0 radical (unpaired) electrons. The van der Waals surface area contributed by atoms with Crippen molar-refractivity contribution in [2.45, 2.75) is 58.7 Å². The van der Waals surface area contributed by atoms with Gasteiger partial charge in [0, 0.05) is 36.9 Å². The van der Waals surface area contributed by atoms with E-state index < -0.39 is 11.7 Å². The highest BCUT2D eigenvalue weighted by Gasteiger charge is 2.18. The van der Waals surface area contributed by atoms with Gasteiger partial charge in [-0.25, -0.2) is 14.8 Å². The number of hydrogen-bond donors (Lipinski definition) is 2. The third kappa shape index (κ3) is 6.31. The van der Waals surface area contributed by atoms with Crippen molar-refractivity contribution in [3.63, 3.8) is 0 Å². The molecule has 8 heteroatoms. The summed E-state index contributed by atoms with van der Waals surface area (Å²) in [6.07, 6.45) is 1.41. The monoisotopic (exact) mass is 432 g/mol. The topological polar surface area (TPSA) is 85.4 Å². The highest BCUT2D eigenvalue weighted by atomic mass is 35.5. The zero-order valence-electron chi connectivity index (χ0n) is 17.9. The molecule has 1 aliphatic rings. The number of carbonyl (C=O) groups excluding carboxylic acids is 1. The number of ether oxygens (including phenoxy) is 2. The zero-order valence-corrected chi connectivity index (χ0v) is 18.7. The van der Waals surface area contributed by atoms with Gasteiger partial charge < -0.3 is 20.1 Å². The molecule has 7 nitrogen and oxygen atoms in total. The van der Waals surface area contributed by atoms with Gasteiger partial charge in [0.2, 0.25) is 0 Å². The molecule has 1 amide bonds. The number of halogens is 1. The Morgan fingerprint density at radius 2 is 2.00 bits per heavy atom. The van der Waals surface area contributed by atoms with E-state index in [1.165, 1.54) is 0 Å². The second kappa shape index (κ2) is 9.62. The first-order valence-electron chi connectivity index (χ1n) is 10.2. The number of aromatic nitrogens is 2. The normalized spacial score (nSPS) is 15.0. The van der Waals surface area contributed by atoms with Crippen molar-refractivity contribution < 1.29 is 14.3 Å². The molecule has 2 N–H and O–H groups in total. The van der Waals surface area contributed by atoms with E-state index in [9.17, 15) is 4.79 Å². The number of amides is 1. The van der Waals surface area contributed by atoms with Crippen LogP contribution in [0, 0.1) is 6.92 Å². The molecule has 0 spiro atoms. The quantitative estimate of drug-likeness (QED) is 0.665. The lowest BCUT2D eigenvalue weighted by Gasteiger charge is -2.24. The van der Waals surface area contributed by atoms with Crippen LogP contribution in [0.5, 0.6) is 0 Å². The van der Waals surface area contributed by atoms with E-state index in [1.54, 1.807) is 0 Å². The van der Waals surface area contributed by atoms with Crippen molar-refractivity contribution in [1.82, 2.24) is 15.3 Å². The van der Waals surface area contributed by atoms with Crippen LogP contribution < -0.4 is 10.6 Å². The van der Waals surface area contributed by atoms with Gasteiger partial charge in [-0.1, -0.05) is 29.8 Å². The number of benzene rings is 1. The maximum absolute atomic E-state index is 11.9. The highest BCUT2D eigenvalue weighted by Crippen LogP contribution is 2.27. The first-order valence-corrected chi connectivity index (χ1v) is 10.5. The van der Waals surface area contributed by atoms with Crippen LogP contribution in [0.3, 0.4) is 0 Å². The van der Waals surface area contributed by atoms with E-state index in [4.69, 9.17) is 26.1 Å². The summed E-state index contributed by atoms with van der Waals surface area (Å²) in [5.74, 6) is 1.29. The Kier molecular flexibility index (Phi) is 7.15. The summed E-state index contributed by atoms with van der Waals surface area (Å²) < 4.78 is 10.7. The number of nitrogens with zero attached hydrogens (tertiary/aromatic N) is 2. The molecule has 162 valence electrons. The number of alkyl carbamates (subject to hydrolysis) is 1. The molecule has 30 heavy (non-hydrogen) atoms. The average Bonchev–Trinajstić information content (AvgIpc) is 2.69. The van der Waals surface area contributed by atoms with E-state index in [1.807, 2.05) is 52.0 Å². The van der Waals surface area contributed by atoms with Gasteiger partial charge in [-0.15, -0.1) is 0 Å². The van der Waals surface area contributed by atoms with E-state index in [-0.39, 0.29) is 0 Å². The molecule has 1 aliphatic heterocycles. The molecule has 2 heterocycles. The Morgan fingerprint density at radius 1 is 1.27 bits per heavy atom. The molecule has 0 saturated carbocycles. The second-order valence-electron chi connectivity index (χ2n) is 8.40. The molecule has 0 atom stereocenters. The van der Waals surface area contributed by atoms with Gasteiger partial charge >= 0.3 is 6.09 Å². The first-order chi connectivity index (χ1) is 14.2. The van der Waals surface area contributed by atoms with Crippen LogP contribution in [0.4, 0.5) is 10.6 Å². The molecule has 0 bridgehead atoms. The predicted molar refractivity (Wildman–Crippen MR) is 118 cm³/mol. The maximum Gasteiger partial charge on any atom is 0.407 e. The first kappa shape index (κ1) is 22.3. The predicted octanol–water partition coefficient (Wildman–Crippen LogP) is 4.72. The van der Waals surface area contributed by atoms with Gasteiger partial charge in [0.1, 0.15) is 16.6 Å². The van der Waals surface area contributed by atoms with Gasteiger partial charge in [0.25, 0.3) is 0 Å². The molecule has 3 rings (SSSR count). The van der Waals surface area contributed by atoms with Gasteiger partial charge in [-0.2, -0.15) is 0 Å². The van der Waals surface area contributed by atoms with Gasteiger partial charge in [-0.3, -0.25) is 0 Å². The molecule has 1 aromatic carbocycles. The summed E-state index contributed by atoms with van der Waals surface area (Å²) in [5.41, 5.74) is 2.04. The Hall–Kier alpha value is -2.38. The van der Waals surface area contributed by atoms with Gasteiger partial charge in [0.05, 0.1) is 0 Å². The zero-order chi connectivity index (χ0) is 21.7. The van der Waals surface area contributed by atoms with Crippen molar-refractivity contribution in [3.05, 3.63) is 40.5 Å². The van der Waals surface area contributed by atoms with Crippen molar-refractivity contribution in [2.24, 2.45) is 0 Å². The lowest BCUT2D eigenvalue weighted by molar-refractivity contribution is 0.0523. The third-order valence-corrected chi connectivity index (χ3v) is 5.04. The van der Waals surface area contributed by atoms with Crippen LogP contribution in [-0.4, -0.2) is 40.9 Å². The van der Waals surface area contributed by atoms with Crippen LogP contribution in [0.1, 0.15) is 44.7 Å². The molecule has 1 saturated heterocycles. The number of anilines is 1. The van der Waals surface area contributed by atoms with Gasteiger partial charge in [-0.05, 0) is 52.2 Å². The molecule has 1 fully saturated rings. The van der Waals surface area contributed by atoms with Crippen LogP contribution in [0.2, 0.25) is 5.15 Å². The smallest absolute Gasteiger partial charge is 0.407 e. The van der Waals surface area contributed by atoms with Gasteiger partial charge in [0.15, 0.2) is 5.82 Å². The molecule has 0 unspecified atom stereocenters. The Balaban J connectivity index is 1.75. The molecular weight excluding hydrogens is 404 g/mol. The number of rotatable bonds is 5. The Morgan fingerprint density at radius 3 is 2.70 bits per heavy atom. The standard InChI is InChI=1S/C22H29ClN4O3/c1-14-18(23)26-20(27-19(14)25-17-8-10-29-11-9-17)16-7-5-6-15(12-16)13-24-21(28)30-22(2,3)4/h5-7,12,17H,8-11,13H2,1-4H3,(H,24,28)(H,25,26,27). The van der Waals surface area contributed by atoms with E-state index in [2.05, 4.69) is 15.6 Å². The molecular formula is C22H29ClN4O3. The minimum absolute atomic E-state index is 0.306. The fraction of sp³-hybridized carbons (Fsp3) is 0.500. The SMILES string of the molecule is Cc1c(Cl)nc(-c2cccc(CNC(=O)OC(C)(C)C)c2)nc1NC1CCOCC1. The Bertz CT molecular complexity index is 892. The maximum atomic E-state index is 11.9. The van der Waals surface area contributed by atoms with Crippen LogP contribution >= 0.6 is 11.6 Å². The van der Waals surface area contributed by atoms with Crippen LogP contribution in [0.25, 0.3) is 11.4 Å². The van der Waals surface area contributed by atoms with Crippen molar-refractivity contribution >= 4 is 23.5 Å². The second-order valence-corrected chi connectivity index (χ2v) is 8.76. The minimum Gasteiger partial charge on any atom is -0.444 e. The Labute approximate surface area is 182 Å². The van der Waals surface area contributed by atoms with Crippen molar-refractivity contribution in [1.29, 1.82) is 0 Å². The van der Waals surface area contributed by atoms with E-state index in [0.717, 1.165) is 48.6 Å². The van der Waals surface area contributed by atoms with Crippen molar-refractivity contribution in [2.75, 3.05) is 18.5 Å². The average molecular weight is 433 g/mol. The number of hydrogen-bond acceptors (Lipinski definition) is 6. The van der Waals surface area contributed by atoms with Crippen LogP contribution in [-0.2, 0) is 16.0 Å². The summed E-state index contributed by atoms with van der Waals surface area (Å²) in [4.78, 5) is 21.1. The fourth-order valence-electron chi connectivity index (χ4n) is 3.10. The molecule has 1 aromatic heterocycles. The number of nitrogens with one attached hydrogen (secondary N) is 2. The minimum atomic E-state index is -0.535. The molecule has 2 aromatic rings. The lowest BCUT2D eigenvalue weighted by atomic mass is 10.1. The molecule has 0 aliphatic carbocycles. The van der Waals surface area contributed by atoms with E-state index >= 15 is 0 Å². The number of carbonyl (C=O) groups is 1. The third-order valence-electron chi connectivity index (χ3n) is 4.67. The highest BCUT2D eigenvalue weighted by molar-refractivity contribution is 6.30. The summed E-state index contributed by atoms with van der Waals surface area (Å²) in [7, 11) is 0.